The van der Waals surface area contributed by atoms with E-state index in [1.54, 1.807) is 0 Å². The van der Waals surface area contributed by atoms with E-state index in [-0.39, 0.29) is 11.4 Å². The second-order valence-corrected chi connectivity index (χ2v) is 2.22. The highest BCUT2D eigenvalue weighted by molar-refractivity contribution is 6.47. The molecule has 3 heteroatoms. The molecule has 0 saturated heterocycles. The molecule has 0 radical (unpaired) electrons. The fourth-order valence-electron chi connectivity index (χ4n) is 0.727. The van der Waals surface area contributed by atoms with E-state index in [1.165, 1.54) is 13.0 Å². The monoisotopic (exact) mass is 150 g/mol. The van der Waals surface area contributed by atoms with Gasteiger partial charge in [0.25, 0.3) is 0 Å². The van der Waals surface area contributed by atoms with Crippen molar-refractivity contribution in [2.75, 3.05) is 0 Å². The number of Topliss-reactive ketones (excluding diaryl/α,β-unsaturated/α-hetero) is 1. The molecule has 0 aliphatic heterocycles. The highest BCUT2D eigenvalue weighted by atomic mass is 16.2. The lowest BCUT2D eigenvalue weighted by Gasteiger charge is -1.99. The highest BCUT2D eigenvalue weighted by Crippen LogP contribution is 2.04. The zero-order valence-electron chi connectivity index (χ0n) is 5.96. The first-order chi connectivity index (χ1) is 5.11. The van der Waals surface area contributed by atoms with E-state index in [0.717, 1.165) is 12.2 Å². The van der Waals surface area contributed by atoms with Crippen LogP contribution in [0.4, 0.5) is 0 Å². The maximum Gasteiger partial charge on any atom is 0.226 e. The Labute approximate surface area is 63.4 Å². The smallest absolute Gasteiger partial charge is 0.226 e. The van der Waals surface area contributed by atoms with Crippen LogP contribution in [0.25, 0.3) is 0 Å². The molecule has 0 aromatic heterocycles. The SMILES string of the molecule is CC(=O)C1=CC(=O)C(=O)C=C1. The lowest BCUT2D eigenvalue weighted by Crippen LogP contribution is -2.13. The van der Waals surface area contributed by atoms with E-state index in [9.17, 15) is 14.4 Å². The van der Waals surface area contributed by atoms with E-state index >= 15 is 0 Å². The van der Waals surface area contributed by atoms with Crippen molar-refractivity contribution in [2.24, 2.45) is 0 Å². The van der Waals surface area contributed by atoms with Crippen molar-refractivity contribution in [1.82, 2.24) is 0 Å². The Morgan fingerprint density at radius 2 is 1.82 bits per heavy atom. The third kappa shape index (κ3) is 1.49. The van der Waals surface area contributed by atoms with Crippen LogP contribution < -0.4 is 0 Å². The first-order valence-corrected chi connectivity index (χ1v) is 3.10. The second-order valence-electron chi connectivity index (χ2n) is 2.22. The Morgan fingerprint density at radius 3 is 2.27 bits per heavy atom. The Bertz CT molecular complexity index is 294. The number of hydrogen-bond acceptors (Lipinski definition) is 3. The van der Waals surface area contributed by atoms with Crippen LogP contribution in [0, 0.1) is 0 Å². The molecule has 3 nitrogen and oxygen atoms in total. The Kier molecular flexibility index (Phi) is 1.81. The topological polar surface area (TPSA) is 51.2 Å². The normalized spacial score (nSPS) is 16.6. The number of hydrogen-bond donors (Lipinski definition) is 0. The lowest BCUT2D eigenvalue weighted by atomic mass is 10.0. The molecular formula is C8H6O3. The molecule has 0 bridgehead atoms. The molecule has 0 amide bonds. The summed E-state index contributed by atoms with van der Waals surface area (Å²) >= 11 is 0. The van der Waals surface area contributed by atoms with Gasteiger partial charge in [-0.05, 0) is 19.1 Å². The van der Waals surface area contributed by atoms with Crippen LogP contribution in [0.3, 0.4) is 0 Å². The number of carbonyl (C=O) groups excluding carboxylic acids is 3. The van der Waals surface area contributed by atoms with Gasteiger partial charge in [0.2, 0.25) is 11.6 Å². The van der Waals surface area contributed by atoms with E-state index < -0.39 is 11.6 Å². The van der Waals surface area contributed by atoms with Gasteiger partial charge in [0, 0.05) is 11.6 Å². The fourth-order valence-corrected chi connectivity index (χ4v) is 0.727. The molecule has 0 N–H and O–H groups in total. The van der Waals surface area contributed by atoms with Crippen molar-refractivity contribution in [2.45, 2.75) is 6.92 Å². The van der Waals surface area contributed by atoms with Gasteiger partial charge in [-0.2, -0.15) is 0 Å². The standard InChI is InChI=1S/C8H6O3/c1-5(9)6-2-3-7(10)8(11)4-6/h2-4H,1H3. The maximum atomic E-state index is 10.7. The van der Waals surface area contributed by atoms with Crippen LogP contribution in [-0.2, 0) is 14.4 Å². The van der Waals surface area contributed by atoms with E-state index in [4.69, 9.17) is 0 Å². The summed E-state index contributed by atoms with van der Waals surface area (Å²) in [6, 6.07) is 0. The van der Waals surface area contributed by atoms with Crippen molar-refractivity contribution in [3.8, 4) is 0 Å². The third-order valence-electron chi connectivity index (χ3n) is 1.35. The number of carbonyl (C=O) groups is 3. The van der Waals surface area contributed by atoms with Crippen molar-refractivity contribution in [3.63, 3.8) is 0 Å². The minimum Gasteiger partial charge on any atom is -0.295 e. The summed E-state index contributed by atoms with van der Waals surface area (Å²) in [5.41, 5.74) is 0.287. The van der Waals surface area contributed by atoms with Crippen molar-refractivity contribution < 1.29 is 14.4 Å². The van der Waals surface area contributed by atoms with Crippen LogP contribution in [0.1, 0.15) is 6.92 Å². The van der Waals surface area contributed by atoms with Gasteiger partial charge in [-0.1, -0.05) is 0 Å². The Morgan fingerprint density at radius 1 is 1.18 bits per heavy atom. The minimum atomic E-state index is -0.627. The van der Waals surface area contributed by atoms with Crippen LogP contribution in [-0.4, -0.2) is 17.3 Å². The average Bonchev–Trinajstić information content (AvgIpc) is 1.94. The molecule has 0 aromatic carbocycles. The molecule has 0 spiro atoms. The van der Waals surface area contributed by atoms with Gasteiger partial charge in [0.15, 0.2) is 5.78 Å². The van der Waals surface area contributed by atoms with Gasteiger partial charge in [-0.3, -0.25) is 14.4 Å². The first-order valence-electron chi connectivity index (χ1n) is 3.10. The highest BCUT2D eigenvalue weighted by Gasteiger charge is 2.14. The first kappa shape index (κ1) is 7.60. The van der Waals surface area contributed by atoms with Crippen molar-refractivity contribution >= 4 is 17.3 Å². The molecule has 56 valence electrons. The lowest BCUT2D eigenvalue weighted by molar-refractivity contribution is -0.131. The predicted molar refractivity (Wildman–Crippen MR) is 37.9 cm³/mol. The molecule has 0 saturated carbocycles. The Hall–Kier alpha value is -1.51. The second kappa shape index (κ2) is 2.62. The molecule has 1 aliphatic carbocycles. The van der Waals surface area contributed by atoms with Gasteiger partial charge >= 0.3 is 0 Å². The summed E-state index contributed by atoms with van der Waals surface area (Å²) < 4.78 is 0. The van der Waals surface area contributed by atoms with E-state index in [0.29, 0.717) is 0 Å². The number of ketones is 3. The van der Waals surface area contributed by atoms with Crippen molar-refractivity contribution in [1.29, 1.82) is 0 Å². The van der Waals surface area contributed by atoms with Crippen LogP contribution in [0.5, 0.6) is 0 Å². The largest absolute Gasteiger partial charge is 0.295 e. The molecule has 0 unspecified atom stereocenters. The van der Waals surface area contributed by atoms with Gasteiger partial charge in [0.05, 0.1) is 0 Å². The summed E-state index contributed by atoms with van der Waals surface area (Å²) in [4.78, 5) is 31.9. The van der Waals surface area contributed by atoms with Crippen LogP contribution in [0.15, 0.2) is 23.8 Å². The summed E-state index contributed by atoms with van der Waals surface area (Å²) in [6.45, 7) is 1.35. The summed E-state index contributed by atoms with van der Waals surface area (Å²) in [6.07, 6.45) is 3.52. The maximum absolute atomic E-state index is 10.7. The molecule has 0 atom stereocenters. The van der Waals surface area contributed by atoms with Crippen LogP contribution in [0.2, 0.25) is 0 Å². The zero-order chi connectivity index (χ0) is 8.43. The molecule has 0 aromatic rings. The van der Waals surface area contributed by atoms with Gasteiger partial charge in [0.1, 0.15) is 0 Å². The predicted octanol–water partition coefficient (Wildman–Crippen LogP) is 0.210. The molecular weight excluding hydrogens is 144 g/mol. The van der Waals surface area contributed by atoms with E-state index in [1.807, 2.05) is 0 Å². The quantitative estimate of drug-likeness (QED) is 0.396. The van der Waals surface area contributed by atoms with Crippen molar-refractivity contribution in [3.05, 3.63) is 23.8 Å². The van der Waals surface area contributed by atoms with Gasteiger partial charge in [-0.25, -0.2) is 0 Å². The average molecular weight is 150 g/mol. The summed E-state index contributed by atoms with van der Waals surface area (Å²) in [5, 5.41) is 0. The van der Waals surface area contributed by atoms with Gasteiger partial charge < -0.3 is 0 Å². The van der Waals surface area contributed by atoms with Crippen LogP contribution >= 0.6 is 0 Å². The molecule has 1 aliphatic rings. The Balaban J connectivity index is 2.98. The number of rotatable bonds is 1. The molecule has 1 rings (SSSR count). The summed E-state index contributed by atoms with van der Waals surface area (Å²) in [7, 11) is 0. The van der Waals surface area contributed by atoms with Gasteiger partial charge in [-0.15, -0.1) is 0 Å². The zero-order valence-corrected chi connectivity index (χ0v) is 5.96. The number of allylic oxidation sites excluding steroid dienone is 4. The fraction of sp³-hybridized carbons (Fsp3) is 0.125. The molecule has 11 heavy (non-hydrogen) atoms. The molecule has 0 fully saturated rings. The summed E-state index contributed by atoms with van der Waals surface area (Å²) in [5.74, 6) is -1.41. The third-order valence-corrected chi connectivity index (χ3v) is 1.35. The minimum absolute atomic E-state index is 0.206. The molecule has 0 heterocycles. The van der Waals surface area contributed by atoms with E-state index in [2.05, 4.69) is 0 Å².